The summed E-state index contributed by atoms with van der Waals surface area (Å²) in [6.45, 7) is 7.83. The average molecular weight is 244 g/mol. The molecule has 96 valence electrons. The molecule has 2 rings (SSSR count). The lowest BCUT2D eigenvalue weighted by atomic mass is 9.89. The quantitative estimate of drug-likeness (QED) is 0.819. The zero-order valence-corrected chi connectivity index (χ0v) is 11.3. The van der Waals surface area contributed by atoms with Crippen LogP contribution in [0.25, 0.3) is 0 Å². The fraction of sp³-hybridized carbons (Fsp3) is 0.533. The third kappa shape index (κ3) is 2.03. The highest BCUT2D eigenvalue weighted by Crippen LogP contribution is 2.41. The molecule has 0 spiro atoms. The van der Waals surface area contributed by atoms with Crippen LogP contribution >= 0.6 is 0 Å². The minimum Gasteiger partial charge on any atom is -0.492 e. The first-order valence-electron chi connectivity index (χ1n) is 6.50. The van der Waals surface area contributed by atoms with E-state index in [4.69, 9.17) is 4.74 Å². The number of rotatable bonds is 3. The molecule has 0 radical (unpaired) electrons. The molecule has 0 aromatic heterocycles. The van der Waals surface area contributed by atoms with Crippen molar-refractivity contribution in [2.24, 2.45) is 5.92 Å². The van der Waals surface area contributed by atoms with Gasteiger partial charge in [-0.15, -0.1) is 0 Å². The van der Waals surface area contributed by atoms with Crippen molar-refractivity contribution in [3.05, 3.63) is 24.3 Å². The van der Waals surface area contributed by atoms with E-state index in [-0.39, 0.29) is 11.5 Å². The lowest BCUT2D eigenvalue weighted by Gasteiger charge is -2.36. The smallest absolute Gasteiger partial charge is 0.142 e. The van der Waals surface area contributed by atoms with Gasteiger partial charge in [0.25, 0.3) is 0 Å². The van der Waals surface area contributed by atoms with Crippen molar-refractivity contribution in [2.45, 2.75) is 32.7 Å². The van der Waals surface area contributed by atoms with Crippen molar-refractivity contribution in [3.63, 3.8) is 0 Å². The number of nitrogens with zero attached hydrogens (tertiary/aromatic N) is 2. The Bertz CT molecular complexity index is 462. The van der Waals surface area contributed by atoms with E-state index in [1.165, 1.54) is 0 Å². The summed E-state index contributed by atoms with van der Waals surface area (Å²) in [6.07, 6.45) is 0.921. The maximum Gasteiger partial charge on any atom is 0.142 e. The molecule has 3 heteroatoms. The Morgan fingerprint density at radius 3 is 2.78 bits per heavy atom. The molecule has 1 aliphatic rings. The van der Waals surface area contributed by atoms with Crippen LogP contribution < -0.4 is 9.64 Å². The number of para-hydroxylation sites is 2. The molecule has 0 bridgehead atoms. The number of anilines is 1. The van der Waals surface area contributed by atoms with Gasteiger partial charge in [0.15, 0.2) is 0 Å². The number of hydrogen-bond donors (Lipinski definition) is 0. The first-order valence-corrected chi connectivity index (χ1v) is 6.50. The molecular weight excluding hydrogens is 224 g/mol. The first kappa shape index (κ1) is 12.8. The van der Waals surface area contributed by atoms with Crippen LogP contribution in [0.15, 0.2) is 24.3 Å². The van der Waals surface area contributed by atoms with Crippen LogP contribution in [0.1, 0.15) is 27.2 Å². The molecule has 3 nitrogen and oxygen atoms in total. The Balaban J connectivity index is 2.36. The first-order chi connectivity index (χ1) is 8.61. The monoisotopic (exact) mass is 244 g/mol. The van der Waals surface area contributed by atoms with Gasteiger partial charge in [0.1, 0.15) is 5.75 Å². The van der Waals surface area contributed by atoms with Crippen molar-refractivity contribution in [3.8, 4) is 11.8 Å². The van der Waals surface area contributed by atoms with E-state index in [0.29, 0.717) is 6.61 Å². The zero-order valence-electron chi connectivity index (χ0n) is 11.3. The second-order valence-electron chi connectivity index (χ2n) is 5.18. The van der Waals surface area contributed by atoms with E-state index >= 15 is 0 Å². The Morgan fingerprint density at radius 2 is 2.17 bits per heavy atom. The van der Waals surface area contributed by atoms with Crippen molar-refractivity contribution < 1.29 is 4.74 Å². The van der Waals surface area contributed by atoms with Crippen molar-refractivity contribution in [1.82, 2.24) is 0 Å². The van der Waals surface area contributed by atoms with Crippen LogP contribution in [0.3, 0.4) is 0 Å². The minimum atomic E-state index is -0.137. The van der Waals surface area contributed by atoms with Crippen molar-refractivity contribution in [2.75, 3.05) is 18.1 Å². The number of ether oxygens (including phenoxy) is 1. The normalized spacial score (nSPS) is 21.7. The molecule has 0 N–H and O–H groups in total. The summed E-state index contributed by atoms with van der Waals surface area (Å²) in [5.74, 6) is 0.985. The van der Waals surface area contributed by atoms with Crippen LogP contribution in [0.5, 0.6) is 5.75 Å². The minimum absolute atomic E-state index is 0.0761. The molecule has 0 saturated carbocycles. The summed E-state index contributed by atoms with van der Waals surface area (Å²) in [6, 6.07) is 10.5. The lowest BCUT2D eigenvalue weighted by molar-refractivity contribution is 0.337. The van der Waals surface area contributed by atoms with Crippen LogP contribution in [0.2, 0.25) is 0 Å². The van der Waals surface area contributed by atoms with Crippen LogP contribution in [-0.4, -0.2) is 18.7 Å². The molecule has 1 aliphatic heterocycles. The van der Waals surface area contributed by atoms with Gasteiger partial charge in [-0.1, -0.05) is 12.1 Å². The van der Waals surface area contributed by atoms with Gasteiger partial charge in [-0.05, 0) is 39.3 Å². The molecule has 0 amide bonds. The summed E-state index contributed by atoms with van der Waals surface area (Å²) in [5.41, 5.74) is 0.962. The Morgan fingerprint density at radius 1 is 1.44 bits per heavy atom. The van der Waals surface area contributed by atoms with Gasteiger partial charge in [-0.3, -0.25) is 0 Å². The van der Waals surface area contributed by atoms with Crippen molar-refractivity contribution in [1.29, 1.82) is 5.26 Å². The Hall–Kier alpha value is -1.69. The van der Waals surface area contributed by atoms with E-state index in [2.05, 4.69) is 30.9 Å². The van der Waals surface area contributed by atoms with Gasteiger partial charge in [-0.25, -0.2) is 0 Å². The number of benzene rings is 1. The van der Waals surface area contributed by atoms with Gasteiger partial charge >= 0.3 is 0 Å². The maximum atomic E-state index is 9.23. The lowest BCUT2D eigenvalue weighted by Crippen LogP contribution is -2.42. The van der Waals surface area contributed by atoms with E-state index in [9.17, 15) is 5.26 Å². The highest BCUT2D eigenvalue weighted by Gasteiger charge is 2.42. The van der Waals surface area contributed by atoms with Crippen molar-refractivity contribution >= 4 is 5.69 Å². The van der Waals surface area contributed by atoms with Crippen LogP contribution in [-0.2, 0) is 0 Å². The SMILES string of the molecule is CCOc1ccccc1N1CCC(C#N)C1(C)C. The van der Waals surface area contributed by atoms with Crippen LogP contribution in [0.4, 0.5) is 5.69 Å². The fourth-order valence-electron chi connectivity index (χ4n) is 2.70. The number of hydrogen-bond acceptors (Lipinski definition) is 3. The molecule has 1 atom stereocenters. The van der Waals surface area contributed by atoms with Gasteiger partial charge < -0.3 is 9.64 Å². The fourth-order valence-corrected chi connectivity index (χ4v) is 2.70. The molecule has 18 heavy (non-hydrogen) atoms. The third-order valence-electron chi connectivity index (χ3n) is 3.80. The molecule has 1 fully saturated rings. The molecule has 1 heterocycles. The second kappa shape index (κ2) is 4.89. The maximum absolute atomic E-state index is 9.23. The Kier molecular flexibility index (Phi) is 3.47. The predicted octanol–water partition coefficient (Wildman–Crippen LogP) is 3.21. The predicted molar refractivity (Wildman–Crippen MR) is 72.8 cm³/mol. The van der Waals surface area contributed by atoms with Gasteiger partial charge in [0, 0.05) is 6.54 Å². The topological polar surface area (TPSA) is 36.3 Å². The van der Waals surface area contributed by atoms with Gasteiger partial charge in [0.2, 0.25) is 0 Å². The van der Waals surface area contributed by atoms with Crippen LogP contribution in [0, 0.1) is 17.2 Å². The molecule has 1 saturated heterocycles. The van der Waals surface area contributed by atoms with E-state index in [1.807, 2.05) is 25.1 Å². The summed E-state index contributed by atoms with van der Waals surface area (Å²) in [7, 11) is 0. The van der Waals surface area contributed by atoms with Gasteiger partial charge in [0.05, 0.1) is 29.8 Å². The summed E-state index contributed by atoms with van der Waals surface area (Å²) >= 11 is 0. The highest BCUT2D eigenvalue weighted by atomic mass is 16.5. The third-order valence-corrected chi connectivity index (χ3v) is 3.80. The summed E-state index contributed by atoms with van der Waals surface area (Å²) in [4.78, 5) is 2.30. The molecular formula is C15H20N2O. The second-order valence-corrected chi connectivity index (χ2v) is 5.18. The van der Waals surface area contributed by atoms with E-state index in [1.54, 1.807) is 0 Å². The zero-order chi connectivity index (χ0) is 13.2. The molecule has 1 aromatic rings. The standard InChI is InChI=1S/C15H20N2O/c1-4-18-14-8-6-5-7-13(14)17-10-9-12(11-16)15(17,2)3/h5-8,12H,4,9-10H2,1-3H3. The largest absolute Gasteiger partial charge is 0.492 e. The number of nitriles is 1. The Labute approximate surface area is 109 Å². The molecule has 1 aromatic carbocycles. The summed E-state index contributed by atoms with van der Waals surface area (Å²) < 4.78 is 5.69. The molecule has 0 aliphatic carbocycles. The van der Waals surface area contributed by atoms with E-state index in [0.717, 1.165) is 24.4 Å². The summed E-state index contributed by atoms with van der Waals surface area (Å²) in [5, 5.41) is 9.23. The molecule has 1 unspecified atom stereocenters. The average Bonchev–Trinajstić information content (AvgIpc) is 2.65. The van der Waals surface area contributed by atoms with Gasteiger partial charge in [-0.2, -0.15) is 5.26 Å². The van der Waals surface area contributed by atoms with E-state index < -0.39 is 0 Å². The highest BCUT2D eigenvalue weighted by molar-refractivity contribution is 5.61.